The number of fused-ring (bicyclic) bond motifs is 1. The van der Waals surface area contributed by atoms with Gasteiger partial charge in [-0.3, -0.25) is 15.0 Å². The third-order valence-corrected chi connectivity index (χ3v) is 8.69. The molecule has 5 N–H and O–H groups in total. The van der Waals surface area contributed by atoms with Gasteiger partial charge in [0.1, 0.15) is 36.6 Å². The van der Waals surface area contributed by atoms with E-state index in [1.165, 1.54) is 12.1 Å². The lowest BCUT2D eigenvalue weighted by atomic mass is 10.0. The van der Waals surface area contributed by atoms with Crippen molar-refractivity contribution in [3.05, 3.63) is 119 Å². The van der Waals surface area contributed by atoms with Crippen molar-refractivity contribution in [3.8, 4) is 28.4 Å². The summed E-state index contributed by atoms with van der Waals surface area (Å²) < 4.78 is 17.7. The van der Waals surface area contributed by atoms with Crippen LogP contribution in [0.1, 0.15) is 24.5 Å². The summed E-state index contributed by atoms with van der Waals surface area (Å²) >= 11 is 0. The number of likely N-dealkylation sites (tertiary alicyclic amines) is 1. The predicted octanol–water partition coefficient (Wildman–Crippen LogP) is 5.69. The van der Waals surface area contributed by atoms with Crippen molar-refractivity contribution >= 4 is 22.7 Å². The number of carbonyl (C=O) groups is 1. The number of benzene rings is 4. The summed E-state index contributed by atoms with van der Waals surface area (Å²) in [5.41, 5.74) is 3.29. The van der Waals surface area contributed by atoms with E-state index in [9.17, 15) is 19.8 Å². The summed E-state index contributed by atoms with van der Waals surface area (Å²) in [4.78, 5) is 29.3. The quantitative estimate of drug-likeness (QED) is 0.0935. The fourth-order valence-electron chi connectivity index (χ4n) is 6.09. The molecule has 5 aromatic rings. The van der Waals surface area contributed by atoms with E-state index in [4.69, 9.17) is 14.2 Å². The summed E-state index contributed by atoms with van der Waals surface area (Å²) in [5.74, 6) is 1.35. The Kier molecular flexibility index (Phi) is 11.6. The first-order valence-corrected chi connectivity index (χ1v) is 16.9. The molecule has 0 saturated carbocycles. The van der Waals surface area contributed by atoms with Gasteiger partial charge in [0.05, 0.1) is 17.3 Å². The first-order chi connectivity index (χ1) is 24.4. The zero-order valence-corrected chi connectivity index (χ0v) is 27.7. The SMILES string of the molecule is O=C(Nc1ccccc1-c1ccccc1)OC1CCN(CCOc2cccc(OCCNC[C@@H](O)c3ccc(O)c4[nH]c(=O)ccc34)c2)CC1. The predicted molar refractivity (Wildman–Crippen MR) is 193 cm³/mol. The molecule has 0 unspecified atom stereocenters. The number of nitrogens with one attached hydrogen (secondary N) is 3. The molecule has 1 atom stereocenters. The molecular weight excluding hydrogens is 636 g/mol. The van der Waals surface area contributed by atoms with Crippen molar-refractivity contribution in [1.29, 1.82) is 0 Å². The van der Waals surface area contributed by atoms with Gasteiger partial charge in [-0.25, -0.2) is 4.79 Å². The average Bonchev–Trinajstić information content (AvgIpc) is 3.13. The Morgan fingerprint density at radius 3 is 2.42 bits per heavy atom. The van der Waals surface area contributed by atoms with Gasteiger partial charge in [-0.05, 0) is 54.3 Å². The number of para-hydroxylation sites is 1. The number of rotatable bonds is 14. The molecule has 11 heteroatoms. The molecule has 0 aliphatic carbocycles. The molecule has 0 bridgehead atoms. The van der Waals surface area contributed by atoms with Crippen LogP contribution in [0.5, 0.6) is 17.2 Å². The van der Waals surface area contributed by atoms with Crippen LogP contribution >= 0.6 is 0 Å². The average molecular weight is 679 g/mol. The molecule has 2 heterocycles. The molecular formula is C39H42N4O7. The van der Waals surface area contributed by atoms with Gasteiger partial charge in [-0.1, -0.05) is 60.7 Å². The minimum absolute atomic E-state index is 0.0448. The van der Waals surface area contributed by atoms with Gasteiger partial charge in [-0.15, -0.1) is 0 Å². The van der Waals surface area contributed by atoms with Gasteiger partial charge < -0.3 is 34.7 Å². The lowest BCUT2D eigenvalue weighted by molar-refractivity contribution is 0.0548. The van der Waals surface area contributed by atoms with Gasteiger partial charge in [0.25, 0.3) is 0 Å². The highest BCUT2D eigenvalue weighted by molar-refractivity contribution is 5.91. The normalized spacial score (nSPS) is 14.3. The zero-order valence-electron chi connectivity index (χ0n) is 27.7. The number of pyridine rings is 1. The maximum Gasteiger partial charge on any atom is 0.411 e. The van der Waals surface area contributed by atoms with Crippen molar-refractivity contribution in [2.75, 3.05) is 51.3 Å². The van der Waals surface area contributed by atoms with Crippen LogP contribution in [0.25, 0.3) is 22.0 Å². The van der Waals surface area contributed by atoms with Crippen LogP contribution in [0.15, 0.2) is 108 Å². The standard InChI is InChI=1S/C39H42N4O7/c44-35-15-13-32(33-14-16-37(46)42-38(33)35)36(45)26-40-19-23-48-29-9-6-10-30(25-29)49-24-22-43-20-17-28(18-21-43)50-39(47)41-34-12-5-4-11-31(34)27-7-2-1-3-8-27/h1-16,25,28,36,40,44-45H,17-24,26H2,(H,41,47)(H,42,46)/t36-/m1/s1. The highest BCUT2D eigenvalue weighted by Gasteiger charge is 2.23. The van der Waals surface area contributed by atoms with Crippen LogP contribution in [-0.2, 0) is 4.74 Å². The number of phenolic OH excluding ortho intramolecular Hbond substituents is 1. The highest BCUT2D eigenvalue weighted by atomic mass is 16.6. The molecule has 1 amide bonds. The van der Waals surface area contributed by atoms with E-state index < -0.39 is 12.2 Å². The van der Waals surface area contributed by atoms with E-state index in [1.807, 2.05) is 78.9 Å². The number of hydrogen-bond acceptors (Lipinski definition) is 9. The number of aliphatic hydroxyl groups excluding tert-OH is 1. The third-order valence-electron chi connectivity index (χ3n) is 8.69. The number of hydrogen-bond donors (Lipinski definition) is 5. The van der Waals surface area contributed by atoms with E-state index in [0.29, 0.717) is 47.7 Å². The number of aromatic hydroxyl groups is 1. The van der Waals surface area contributed by atoms with E-state index in [-0.39, 0.29) is 24.0 Å². The molecule has 1 saturated heterocycles. The van der Waals surface area contributed by atoms with E-state index in [1.54, 1.807) is 12.1 Å². The minimum Gasteiger partial charge on any atom is -0.506 e. The number of ether oxygens (including phenoxy) is 3. The van der Waals surface area contributed by atoms with E-state index in [0.717, 1.165) is 49.3 Å². The molecule has 4 aromatic carbocycles. The Morgan fingerprint density at radius 2 is 1.62 bits per heavy atom. The zero-order chi connectivity index (χ0) is 34.7. The van der Waals surface area contributed by atoms with Crippen LogP contribution in [0.3, 0.4) is 0 Å². The van der Waals surface area contributed by atoms with Crippen molar-refractivity contribution in [2.24, 2.45) is 0 Å². The second-order valence-corrected chi connectivity index (χ2v) is 12.2. The summed E-state index contributed by atoms with van der Waals surface area (Å²) in [6.07, 6.45) is 0.102. The van der Waals surface area contributed by atoms with Crippen LogP contribution < -0.4 is 25.7 Å². The number of carbonyl (C=O) groups excluding carboxylic acids is 1. The number of aromatic amines is 1. The number of aliphatic hydroxyl groups is 1. The lowest BCUT2D eigenvalue weighted by Crippen LogP contribution is -2.40. The summed E-state index contributed by atoms with van der Waals surface area (Å²) in [6.45, 7) is 4.06. The number of H-pyrrole nitrogens is 1. The number of amides is 1. The first kappa shape index (κ1) is 34.5. The van der Waals surface area contributed by atoms with Crippen molar-refractivity contribution in [1.82, 2.24) is 15.2 Å². The topological polar surface area (TPSA) is 145 Å². The molecule has 260 valence electrons. The van der Waals surface area contributed by atoms with Crippen molar-refractivity contribution in [3.63, 3.8) is 0 Å². The molecule has 6 rings (SSSR count). The number of anilines is 1. The monoisotopic (exact) mass is 678 g/mol. The van der Waals surface area contributed by atoms with Crippen LogP contribution in [0.4, 0.5) is 10.5 Å². The van der Waals surface area contributed by atoms with Gasteiger partial charge in [0.15, 0.2) is 0 Å². The summed E-state index contributed by atoms with van der Waals surface area (Å²) in [7, 11) is 0. The van der Waals surface area contributed by atoms with Crippen LogP contribution in [-0.4, -0.2) is 78.2 Å². The fraction of sp³-hybridized carbons (Fsp3) is 0.282. The lowest BCUT2D eigenvalue weighted by Gasteiger charge is -2.31. The van der Waals surface area contributed by atoms with Gasteiger partial charge >= 0.3 is 6.09 Å². The Bertz CT molecular complexity index is 1930. The summed E-state index contributed by atoms with van der Waals surface area (Å²) in [5, 5.41) is 27.5. The number of aromatic nitrogens is 1. The van der Waals surface area contributed by atoms with Crippen LogP contribution in [0.2, 0.25) is 0 Å². The van der Waals surface area contributed by atoms with Gasteiger partial charge in [0, 0.05) is 55.8 Å². The Morgan fingerprint density at radius 1 is 0.880 bits per heavy atom. The smallest absolute Gasteiger partial charge is 0.411 e. The molecule has 1 aliphatic rings. The molecule has 1 aromatic heterocycles. The Hall–Kier alpha value is -5.36. The third kappa shape index (κ3) is 9.20. The maximum absolute atomic E-state index is 12.7. The Balaban J connectivity index is 0.869. The fourth-order valence-corrected chi connectivity index (χ4v) is 6.09. The second kappa shape index (κ2) is 16.8. The molecule has 1 fully saturated rings. The number of nitrogens with zero attached hydrogens (tertiary/aromatic N) is 1. The summed E-state index contributed by atoms with van der Waals surface area (Å²) in [6, 6.07) is 31.2. The Labute approximate surface area is 290 Å². The minimum atomic E-state index is -0.841. The second-order valence-electron chi connectivity index (χ2n) is 12.2. The first-order valence-electron chi connectivity index (χ1n) is 16.9. The number of piperidine rings is 1. The van der Waals surface area contributed by atoms with Gasteiger partial charge in [-0.2, -0.15) is 0 Å². The molecule has 1 aliphatic heterocycles. The molecule has 0 spiro atoms. The van der Waals surface area contributed by atoms with Crippen molar-refractivity contribution < 1.29 is 29.2 Å². The van der Waals surface area contributed by atoms with E-state index >= 15 is 0 Å². The van der Waals surface area contributed by atoms with E-state index in [2.05, 4.69) is 20.5 Å². The molecule has 50 heavy (non-hydrogen) atoms. The number of phenols is 1. The van der Waals surface area contributed by atoms with Crippen LogP contribution in [0, 0.1) is 0 Å². The van der Waals surface area contributed by atoms with Gasteiger partial charge in [0.2, 0.25) is 5.56 Å². The largest absolute Gasteiger partial charge is 0.506 e. The highest BCUT2D eigenvalue weighted by Crippen LogP contribution is 2.29. The van der Waals surface area contributed by atoms with Crippen molar-refractivity contribution in [2.45, 2.75) is 25.0 Å². The molecule has 0 radical (unpaired) electrons. The molecule has 11 nitrogen and oxygen atoms in total. The maximum atomic E-state index is 12.7.